The van der Waals surface area contributed by atoms with Crippen LogP contribution in [0.2, 0.25) is 0 Å². The third-order valence-electron chi connectivity index (χ3n) is 1.56. The van der Waals surface area contributed by atoms with Crippen molar-refractivity contribution in [2.24, 2.45) is 0 Å². The fourth-order valence-corrected chi connectivity index (χ4v) is 1.02. The number of nitrogens with two attached hydrogens (primary N) is 1. The molecule has 0 atom stereocenters. The van der Waals surface area contributed by atoms with Gasteiger partial charge in [0.2, 0.25) is 0 Å². The molecule has 1 rings (SSSR count). The van der Waals surface area contributed by atoms with Crippen molar-refractivity contribution in [2.75, 3.05) is 26.1 Å². The molecule has 1 aromatic rings. The average molecular weight is 183 g/mol. The van der Waals surface area contributed by atoms with Gasteiger partial charge in [0.05, 0.1) is 19.4 Å². The minimum absolute atomic E-state index is 0.0298. The molecule has 0 heterocycles. The molecular weight excluding hydrogens is 170 g/mol. The lowest BCUT2D eigenvalue weighted by atomic mass is 10.3. The number of anilines is 1. The summed E-state index contributed by atoms with van der Waals surface area (Å²) in [6.07, 6.45) is 0. The Morgan fingerprint density at radius 2 is 2.23 bits per heavy atom. The molecule has 0 aliphatic carbocycles. The van der Waals surface area contributed by atoms with Gasteiger partial charge in [-0.1, -0.05) is 6.07 Å². The Kier molecular flexibility index (Phi) is 3.40. The fraction of sp³-hybridized carbons (Fsp3) is 0.333. The number of rotatable bonds is 4. The first kappa shape index (κ1) is 9.67. The second-order valence-electron chi connectivity index (χ2n) is 2.45. The van der Waals surface area contributed by atoms with Crippen molar-refractivity contribution in [3.63, 3.8) is 0 Å². The van der Waals surface area contributed by atoms with Crippen LogP contribution in [0.5, 0.6) is 11.5 Å². The number of hydrogen-bond acceptors (Lipinski definition) is 4. The van der Waals surface area contributed by atoms with Gasteiger partial charge in [0.15, 0.2) is 11.5 Å². The maximum absolute atomic E-state index is 8.56. The van der Waals surface area contributed by atoms with E-state index in [-0.39, 0.29) is 13.2 Å². The molecule has 0 unspecified atom stereocenters. The van der Waals surface area contributed by atoms with Crippen LogP contribution in [-0.4, -0.2) is 25.4 Å². The van der Waals surface area contributed by atoms with Gasteiger partial charge in [0.25, 0.3) is 0 Å². The Morgan fingerprint density at radius 3 is 2.85 bits per heavy atom. The zero-order valence-corrected chi connectivity index (χ0v) is 7.49. The van der Waals surface area contributed by atoms with Crippen molar-refractivity contribution >= 4 is 5.69 Å². The van der Waals surface area contributed by atoms with Gasteiger partial charge >= 0.3 is 0 Å². The summed E-state index contributed by atoms with van der Waals surface area (Å²) in [6.45, 7) is 0.206. The number of hydrogen-bond donors (Lipinski definition) is 2. The Balaban J connectivity index is 2.85. The van der Waals surface area contributed by atoms with E-state index in [1.807, 2.05) is 0 Å². The van der Waals surface area contributed by atoms with Gasteiger partial charge < -0.3 is 20.3 Å². The zero-order valence-electron chi connectivity index (χ0n) is 7.49. The smallest absolute Gasteiger partial charge is 0.183 e. The summed E-state index contributed by atoms with van der Waals surface area (Å²) in [4.78, 5) is 0. The van der Waals surface area contributed by atoms with Gasteiger partial charge in [-0.25, -0.2) is 0 Å². The molecule has 0 radical (unpaired) electrons. The third-order valence-corrected chi connectivity index (χ3v) is 1.56. The molecule has 0 saturated heterocycles. The summed E-state index contributed by atoms with van der Waals surface area (Å²) >= 11 is 0. The van der Waals surface area contributed by atoms with E-state index in [1.54, 1.807) is 18.2 Å². The van der Waals surface area contributed by atoms with Crippen LogP contribution in [0.25, 0.3) is 0 Å². The summed E-state index contributed by atoms with van der Waals surface area (Å²) in [7, 11) is 1.53. The van der Waals surface area contributed by atoms with Gasteiger partial charge in [0.1, 0.15) is 6.61 Å². The van der Waals surface area contributed by atoms with Crippen LogP contribution in [0.4, 0.5) is 5.69 Å². The lowest BCUT2D eigenvalue weighted by Gasteiger charge is -2.10. The average Bonchev–Trinajstić information content (AvgIpc) is 2.15. The highest BCUT2D eigenvalue weighted by Gasteiger charge is 2.06. The van der Waals surface area contributed by atoms with Crippen LogP contribution in [0.1, 0.15) is 0 Å². The normalized spacial score (nSPS) is 9.69. The predicted molar refractivity (Wildman–Crippen MR) is 50.0 cm³/mol. The number of benzene rings is 1. The van der Waals surface area contributed by atoms with Crippen molar-refractivity contribution in [3.05, 3.63) is 18.2 Å². The van der Waals surface area contributed by atoms with Crippen LogP contribution < -0.4 is 15.2 Å². The molecule has 4 heteroatoms. The molecule has 0 aliphatic rings. The first-order valence-electron chi connectivity index (χ1n) is 3.95. The third kappa shape index (κ3) is 2.26. The van der Waals surface area contributed by atoms with Crippen LogP contribution >= 0.6 is 0 Å². The number of methoxy groups -OCH3 is 1. The number of para-hydroxylation sites is 1. The van der Waals surface area contributed by atoms with Crippen LogP contribution in [0, 0.1) is 0 Å². The van der Waals surface area contributed by atoms with Gasteiger partial charge in [-0.3, -0.25) is 0 Å². The number of aliphatic hydroxyl groups is 1. The van der Waals surface area contributed by atoms with Crippen LogP contribution in [-0.2, 0) is 0 Å². The van der Waals surface area contributed by atoms with Crippen molar-refractivity contribution in [1.29, 1.82) is 0 Å². The number of aliphatic hydroxyl groups excluding tert-OH is 1. The molecule has 72 valence electrons. The molecule has 0 amide bonds. The molecule has 1 aromatic carbocycles. The SMILES string of the molecule is COc1c(N)cccc1OCCO. The second kappa shape index (κ2) is 4.57. The number of nitrogen functional groups attached to an aromatic ring is 1. The Hall–Kier alpha value is -1.42. The van der Waals surface area contributed by atoms with Crippen molar-refractivity contribution in [1.82, 2.24) is 0 Å². The topological polar surface area (TPSA) is 64.7 Å². The molecule has 3 N–H and O–H groups in total. The lowest BCUT2D eigenvalue weighted by molar-refractivity contribution is 0.196. The van der Waals surface area contributed by atoms with Crippen molar-refractivity contribution in [3.8, 4) is 11.5 Å². The zero-order chi connectivity index (χ0) is 9.68. The van der Waals surface area contributed by atoms with Gasteiger partial charge in [0, 0.05) is 0 Å². The molecule has 0 fully saturated rings. The van der Waals surface area contributed by atoms with E-state index in [0.717, 1.165) is 0 Å². The Morgan fingerprint density at radius 1 is 1.46 bits per heavy atom. The van der Waals surface area contributed by atoms with E-state index in [9.17, 15) is 0 Å². The second-order valence-corrected chi connectivity index (χ2v) is 2.45. The largest absolute Gasteiger partial charge is 0.491 e. The first-order chi connectivity index (χ1) is 6.29. The van der Waals surface area contributed by atoms with E-state index in [1.165, 1.54) is 7.11 Å². The standard InChI is InChI=1S/C9H13NO3/c1-12-9-7(10)3-2-4-8(9)13-6-5-11/h2-4,11H,5-6,10H2,1H3. The predicted octanol–water partition coefficient (Wildman–Crippen LogP) is 0.649. The monoisotopic (exact) mass is 183 g/mol. The van der Waals surface area contributed by atoms with E-state index in [0.29, 0.717) is 17.2 Å². The van der Waals surface area contributed by atoms with Crippen LogP contribution in [0.3, 0.4) is 0 Å². The summed E-state index contributed by atoms with van der Waals surface area (Å²) in [5, 5.41) is 8.56. The summed E-state index contributed by atoms with van der Waals surface area (Å²) in [5.41, 5.74) is 6.16. The summed E-state index contributed by atoms with van der Waals surface area (Å²) in [6, 6.07) is 5.24. The molecule has 4 nitrogen and oxygen atoms in total. The van der Waals surface area contributed by atoms with Crippen molar-refractivity contribution < 1.29 is 14.6 Å². The molecule has 0 saturated carbocycles. The maximum Gasteiger partial charge on any atom is 0.183 e. The van der Waals surface area contributed by atoms with Gasteiger partial charge in [-0.2, -0.15) is 0 Å². The Bertz CT molecular complexity index is 276. The fourth-order valence-electron chi connectivity index (χ4n) is 1.02. The molecule has 0 bridgehead atoms. The summed E-state index contributed by atoms with van der Waals surface area (Å²) < 4.78 is 10.2. The highest BCUT2D eigenvalue weighted by molar-refractivity contribution is 5.60. The van der Waals surface area contributed by atoms with Gasteiger partial charge in [-0.05, 0) is 12.1 Å². The first-order valence-corrected chi connectivity index (χ1v) is 3.95. The minimum atomic E-state index is -0.0298. The lowest BCUT2D eigenvalue weighted by Crippen LogP contribution is -2.04. The van der Waals surface area contributed by atoms with E-state index in [4.69, 9.17) is 20.3 Å². The molecule has 0 aromatic heterocycles. The van der Waals surface area contributed by atoms with Crippen molar-refractivity contribution in [2.45, 2.75) is 0 Å². The molecular formula is C9H13NO3. The van der Waals surface area contributed by atoms with Crippen LogP contribution in [0.15, 0.2) is 18.2 Å². The number of ether oxygens (including phenoxy) is 2. The molecule has 0 aliphatic heterocycles. The van der Waals surface area contributed by atoms with Gasteiger partial charge in [-0.15, -0.1) is 0 Å². The summed E-state index contributed by atoms with van der Waals surface area (Å²) in [5.74, 6) is 1.06. The maximum atomic E-state index is 8.56. The Labute approximate surface area is 76.9 Å². The highest BCUT2D eigenvalue weighted by atomic mass is 16.5. The minimum Gasteiger partial charge on any atom is -0.491 e. The highest BCUT2D eigenvalue weighted by Crippen LogP contribution is 2.32. The van der Waals surface area contributed by atoms with E-state index < -0.39 is 0 Å². The molecule has 0 spiro atoms. The molecule has 13 heavy (non-hydrogen) atoms. The van der Waals surface area contributed by atoms with E-state index in [2.05, 4.69) is 0 Å². The van der Waals surface area contributed by atoms with E-state index >= 15 is 0 Å². The quantitative estimate of drug-likeness (QED) is 0.672.